The molecule has 2 N–H and O–H groups in total. The largest absolute Gasteiger partial charge is 0.493 e. The first-order chi connectivity index (χ1) is 14.0. The van der Waals surface area contributed by atoms with Crippen LogP contribution in [0.5, 0.6) is 5.75 Å². The molecule has 4 aromatic rings. The van der Waals surface area contributed by atoms with Crippen molar-refractivity contribution >= 4 is 11.0 Å². The van der Waals surface area contributed by atoms with Crippen LogP contribution in [0.4, 0.5) is 0 Å². The first-order valence-electron chi connectivity index (χ1n) is 9.47. The number of fused-ring (bicyclic) bond motifs is 1. The fourth-order valence-electron chi connectivity index (χ4n) is 3.13. The molecule has 29 heavy (non-hydrogen) atoms. The molecule has 4 rings (SSSR count). The Morgan fingerprint density at radius 1 is 1.10 bits per heavy atom. The highest BCUT2D eigenvalue weighted by molar-refractivity contribution is 5.94. The molecule has 0 aliphatic rings. The highest BCUT2D eigenvalue weighted by Crippen LogP contribution is 2.31. The molecule has 0 saturated carbocycles. The van der Waals surface area contributed by atoms with Crippen LogP contribution >= 0.6 is 0 Å². The topological polar surface area (TPSA) is 80.1 Å². The molecule has 0 unspecified atom stereocenters. The number of aliphatic hydroxyl groups is 1. The van der Waals surface area contributed by atoms with Crippen LogP contribution in [0.1, 0.15) is 13.8 Å². The number of hydrogen-bond acceptors (Lipinski definition) is 4. The first-order valence-corrected chi connectivity index (χ1v) is 9.47. The van der Waals surface area contributed by atoms with E-state index >= 15 is 0 Å². The van der Waals surface area contributed by atoms with Crippen LogP contribution in [-0.4, -0.2) is 32.9 Å². The van der Waals surface area contributed by atoms with Crippen molar-refractivity contribution in [3.05, 3.63) is 77.5 Å². The summed E-state index contributed by atoms with van der Waals surface area (Å²) in [6.07, 6.45) is 3.36. The summed E-state index contributed by atoms with van der Waals surface area (Å²) in [6.45, 7) is 4.36. The van der Waals surface area contributed by atoms with E-state index in [0.717, 1.165) is 16.8 Å². The van der Waals surface area contributed by atoms with Crippen LogP contribution in [0.25, 0.3) is 27.8 Å². The van der Waals surface area contributed by atoms with E-state index in [2.05, 4.69) is 9.97 Å². The smallest absolute Gasteiger partial charge is 0.260 e. The maximum Gasteiger partial charge on any atom is 0.260 e. The van der Waals surface area contributed by atoms with E-state index in [-0.39, 0.29) is 17.6 Å². The fourth-order valence-corrected chi connectivity index (χ4v) is 3.13. The molecular formula is C23H23N3O3. The van der Waals surface area contributed by atoms with Gasteiger partial charge >= 0.3 is 0 Å². The van der Waals surface area contributed by atoms with Gasteiger partial charge < -0.3 is 19.4 Å². The molecule has 148 valence electrons. The standard InChI is InChI=1S/C23H23N3O3/c1-23(2,13-27)14-29-18-10-8-16(9-11-18)19-12-26(17-6-4-3-5-7-17)21-20(19)22(28)25-15-24-21/h3-12,15,27H,13-14H2,1-2H3,(H,24,25,28). The number of hydrogen-bond donors (Lipinski definition) is 2. The fraction of sp³-hybridized carbons (Fsp3) is 0.217. The third-order valence-electron chi connectivity index (χ3n) is 4.85. The molecular weight excluding hydrogens is 366 g/mol. The van der Waals surface area contributed by atoms with Crippen molar-refractivity contribution in [3.8, 4) is 22.6 Å². The summed E-state index contributed by atoms with van der Waals surface area (Å²) < 4.78 is 7.72. The van der Waals surface area contributed by atoms with Gasteiger partial charge in [0.05, 0.1) is 24.9 Å². The van der Waals surface area contributed by atoms with Gasteiger partial charge in [-0.25, -0.2) is 4.98 Å². The second-order valence-electron chi connectivity index (χ2n) is 7.81. The van der Waals surface area contributed by atoms with E-state index in [1.165, 1.54) is 6.33 Å². The summed E-state index contributed by atoms with van der Waals surface area (Å²) in [4.78, 5) is 19.7. The summed E-state index contributed by atoms with van der Waals surface area (Å²) in [5.41, 5.74) is 2.77. The molecule has 0 bridgehead atoms. The average Bonchev–Trinajstić information content (AvgIpc) is 3.14. The molecule has 0 spiro atoms. The maximum absolute atomic E-state index is 12.6. The number of aromatic nitrogens is 3. The summed E-state index contributed by atoms with van der Waals surface area (Å²) in [5, 5.41) is 9.91. The third-order valence-corrected chi connectivity index (χ3v) is 4.85. The van der Waals surface area contributed by atoms with Crippen LogP contribution < -0.4 is 10.3 Å². The Morgan fingerprint density at radius 3 is 2.52 bits per heavy atom. The van der Waals surface area contributed by atoms with Crippen molar-refractivity contribution in [1.29, 1.82) is 0 Å². The number of aliphatic hydroxyl groups excluding tert-OH is 1. The predicted molar refractivity (Wildman–Crippen MR) is 113 cm³/mol. The van der Waals surface area contributed by atoms with Gasteiger partial charge in [0.1, 0.15) is 5.75 Å². The molecule has 0 aliphatic heterocycles. The van der Waals surface area contributed by atoms with Crippen LogP contribution in [0, 0.1) is 5.41 Å². The molecule has 0 atom stereocenters. The van der Waals surface area contributed by atoms with Gasteiger partial charge in [-0.3, -0.25) is 4.79 Å². The van der Waals surface area contributed by atoms with Gasteiger partial charge in [0.2, 0.25) is 0 Å². The van der Waals surface area contributed by atoms with E-state index < -0.39 is 0 Å². The number of nitrogens with one attached hydrogen (secondary N) is 1. The van der Waals surface area contributed by atoms with Crippen LogP contribution in [0.2, 0.25) is 0 Å². The number of nitrogens with zero attached hydrogens (tertiary/aromatic N) is 2. The molecule has 2 aromatic carbocycles. The maximum atomic E-state index is 12.6. The minimum absolute atomic E-state index is 0.0554. The lowest BCUT2D eigenvalue weighted by Gasteiger charge is -2.21. The first kappa shape index (κ1) is 19.0. The number of H-pyrrole nitrogens is 1. The summed E-state index contributed by atoms with van der Waals surface area (Å²) in [7, 11) is 0. The zero-order chi connectivity index (χ0) is 20.4. The van der Waals surface area contributed by atoms with E-state index in [1.54, 1.807) is 0 Å². The van der Waals surface area contributed by atoms with Crippen molar-refractivity contribution in [2.45, 2.75) is 13.8 Å². The summed E-state index contributed by atoms with van der Waals surface area (Å²) in [6, 6.07) is 17.4. The monoisotopic (exact) mass is 389 g/mol. The van der Waals surface area contributed by atoms with Gasteiger partial charge in [0.25, 0.3) is 5.56 Å². The van der Waals surface area contributed by atoms with Gasteiger partial charge in [-0.15, -0.1) is 0 Å². The van der Waals surface area contributed by atoms with Crippen molar-refractivity contribution in [2.24, 2.45) is 5.41 Å². The minimum Gasteiger partial charge on any atom is -0.493 e. The lowest BCUT2D eigenvalue weighted by Crippen LogP contribution is -2.25. The molecule has 6 nitrogen and oxygen atoms in total. The van der Waals surface area contributed by atoms with Crippen LogP contribution in [0.3, 0.4) is 0 Å². The van der Waals surface area contributed by atoms with E-state index in [1.807, 2.05) is 79.2 Å². The van der Waals surface area contributed by atoms with Crippen molar-refractivity contribution < 1.29 is 9.84 Å². The van der Waals surface area contributed by atoms with Crippen LogP contribution in [-0.2, 0) is 0 Å². The van der Waals surface area contributed by atoms with Gasteiger partial charge in [-0.2, -0.15) is 0 Å². The number of rotatable bonds is 6. The Kier molecular flexibility index (Phi) is 4.94. The third kappa shape index (κ3) is 3.79. The SMILES string of the molecule is CC(C)(CO)COc1ccc(-c2cn(-c3ccccc3)c3nc[nH]c(=O)c23)cc1. The quantitative estimate of drug-likeness (QED) is 0.526. The van der Waals surface area contributed by atoms with Crippen molar-refractivity contribution in [1.82, 2.24) is 14.5 Å². The Morgan fingerprint density at radius 2 is 1.83 bits per heavy atom. The number of benzene rings is 2. The molecule has 2 heterocycles. The molecule has 2 aromatic heterocycles. The minimum atomic E-state index is -0.305. The lowest BCUT2D eigenvalue weighted by molar-refractivity contribution is 0.0976. The molecule has 0 amide bonds. The van der Waals surface area contributed by atoms with Gasteiger partial charge in [-0.1, -0.05) is 44.2 Å². The summed E-state index contributed by atoms with van der Waals surface area (Å²) >= 11 is 0. The zero-order valence-corrected chi connectivity index (χ0v) is 16.4. The molecule has 0 saturated heterocycles. The Hall–Kier alpha value is -3.38. The molecule has 6 heteroatoms. The molecule has 0 radical (unpaired) electrons. The van der Waals surface area contributed by atoms with Gasteiger partial charge in [0.15, 0.2) is 5.65 Å². The Bertz CT molecular complexity index is 1180. The van der Waals surface area contributed by atoms with Gasteiger partial charge in [0, 0.05) is 22.9 Å². The lowest BCUT2D eigenvalue weighted by atomic mass is 9.96. The van der Waals surface area contributed by atoms with Gasteiger partial charge in [-0.05, 0) is 29.8 Å². The normalized spacial score (nSPS) is 11.7. The van der Waals surface area contributed by atoms with Crippen molar-refractivity contribution in [2.75, 3.05) is 13.2 Å². The summed E-state index contributed by atoms with van der Waals surface area (Å²) in [5.74, 6) is 0.717. The Labute approximate surface area is 168 Å². The predicted octanol–water partition coefficient (Wildman–Crippen LogP) is 3.78. The van der Waals surface area contributed by atoms with E-state index in [9.17, 15) is 9.90 Å². The Balaban J connectivity index is 1.74. The molecule has 0 fully saturated rings. The number of aromatic amines is 1. The van der Waals surface area contributed by atoms with E-state index in [0.29, 0.717) is 23.4 Å². The molecule has 0 aliphatic carbocycles. The second-order valence-corrected chi connectivity index (χ2v) is 7.81. The zero-order valence-electron chi connectivity index (χ0n) is 16.4. The number of ether oxygens (including phenoxy) is 1. The highest BCUT2D eigenvalue weighted by Gasteiger charge is 2.18. The van der Waals surface area contributed by atoms with Crippen molar-refractivity contribution in [3.63, 3.8) is 0 Å². The van der Waals surface area contributed by atoms with Crippen LogP contribution in [0.15, 0.2) is 71.9 Å². The average molecular weight is 389 g/mol. The number of para-hydroxylation sites is 1. The van der Waals surface area contributed by atoms with E-state index in [4.69, 9.17) is 4.74 Å². The second kappa shape index (κ2) is 7.56. The highest BCUT2D eigenvalue weighted by atomic mass is 16.5.